The van der Waals surface area contributed by atoms with Crippen molar-refractivity contribution in [3.05, 3.63) is 52.5 Å². The monoisotopic (exact) mass is 269 g/mol. The number of nitriles is 2. The first-order valence-electron chi connectivity index (χ1n) is 5.31. The number of benzene rings is 2. The first kappa shape index (κ1) is 12.8. The van der Waals surface area contributed by atoms with E-state index in [-0.39, 0.29) is 16.1 Å². The molecule has 0 aliphatic heterocycles. The Labute approximate surface area is 115 Å². The van der Waals surface area contributed by atoms with Crippen LogP contribution < -0.4 is 10.5 Å². The van der Waals surface area contributed by atoms with Gasteiger partial charge in [0.25, 0.3) is 0 Å². The maximum Gasteiger partial charge on any atom is 0.147 e. The Balaban J connectivity index is 2.42. The van der Waals surface area contributed by atoms with Crippen molar-refractivity contribution in [3.63, 3.8) is 0 Å². The van der Waals surface area contributed by atoms with Crippen LogP contribution in [-0.4, -0.2) is 0 Å². The highest BCUT2D eigenvalue weighted by Crippen LogP contribution is 2.32. The number of hydrogen-bond acceptors (Lipinski definition) is 4. The second kappa shape index (κ2) is 5.30. The smallest absolute Gasteiger partial charge is 0.147 e. The first-order chi connectivity index (χ1) is 9.13. The predicted octanol–water partition coefficient (Wildman–Crippen LogP) is 3.46. The Hall–Kier alpha value is -2.69. The quantitative estimate of drug-likeness (QED) is 0.846. The maximum atomic E-state index is 8.96. The fraction of sp³-hybridized carbons (Fsp3) is 0. The lowest BCUT2D eigenvalue weighted by atomic mass is 10.1. The molecule has 2 N–H and O–H groups in total. The zero-order chi connectivity index (χ0) is 13.8. The molecule has 0 spiro atoms. The summed E-state index contributed by atoms with van der Waals surface area (Å²) in [6.07, 6.45) is 0. The van der Waals surface area contributed by atoms with Gasteiger partial charge in [0, 0.05) is 17.8 Å². The minimum Gasteiger partial charge on any atom is -0.456 e. The first-order valence-corrected chi connectivity index (χ1v) is 5.69. The van der Waals surface area contributed by atoms with E-state index in [1.165, 1.54) is 12.1 Å². The van der Waals surface area contributed by atoms with Crippen LogP contribution in [-0.2, 0) is 0 Å². The Morgan fingerprint density at radius 2 is 1.74 bits per heavy atom. The molecule has 0 radical (unpaired) electrons. The topological polar surface area (TPSA) is 82.8 Å². The van der Waals surface area contributed by atoms with Crippen molar-refractivity contribution in [2.24, 2.45) is 0 Å². The van der Waals surface area contributed by atoms with Gasteiger partial charge in [-0.05, 0) is 18.2 Å². The standard InChI is InChI=1S/C14H8ClN3O/c15-13-4-9(7-16)10(8-17)5-14(13)19-12-3-1-2-11(18)6-12/h1-6H,18H2. The van der Waals surface area contributed by atoms with E-state index in [0.29, 0.717) is 17.2 Å². The third-order valence-corrected chi connectivity index (χ3v) is 2.69. The summed E-state index contributed by atoms with van der Waals surface area (Å²) in [6, 6.07) is 13.5. The summed E-state index contributed by atoms with van der Waals surface area (Å²) in [5.41, 5.74) is 6.63. The number of nitrogens with two attached hydrogens (primary N) is 1. The van der Waals surface area contributed by atoms with Crippen molar-refractivity contribution in [2.75, 3.05) is 5.73 Å². The predicted molar refractivity (Wildman–Crippen MR) is 71.8 cm³/mol. The van der Waals surface area contributed by atoms with Crippen molar-refractivity contribution in [1.82, 2.24) is 0 Å². The summed E-state index contributed by atoms with van der Waals surface area (Å²) >= 11 is 6.01. The van der Waals surface area contributed by atoms with Gasteiger partial charge >= 0.3 is 0 Å². The van der Waals surface area contributed by atoms with Gasteiger partial charge in [0.1, 0.15) is 23.6 Å². The van der Waals surface area contributed by atoms with E-state index in [1.54, 1.807) is 24.3 Å². The molecule has 0 saturated carbocycles. The van der Waals surface area contributed by atoms with Crippen LogP contribution >= 0.6 is 11.6 Å². The molecule has 0 heterocycles. The Morgan fingerprint density at radius 3 is 2.37 bits per heavy atom. The van der Waals surface area contributed by atoms with Gasteiger partial charge < -0.3 is 10.5 Å². The van der Waals surface area contributed by atoms with E-state index in [4.69, 9.17) is 32.6 Å². The fourth-order valence-electron chi connectivity index (χ4n) is 1.52. The largest absolute Gasteiger partial charge is 0.456 e. The normalized spacial score (nSPS) is 9.42. The van der Waals surface area contributed by atoms with Gasteiger partial charge in [0.05, 0.1) is 16.1 Å². The van der Waals surface area contributed by atoms with E-state index in [2.05, 4.69) is 0 Å². The summed E-state index contributed by atoms with van der Waals surface area (Å²) in [5, 5.41) is 18.1. The van der Waals surface area contributed by atoms with E-state index in [0.717, 1.165) is 0 Å². The molecule has 0 amide bonds. The minimum atomic E-state index is 0.214. The van der Waals surface area contributed by atoms with Crippen molar-refractivity contribution >= 4 is 17.3 Å². The molecule has 5 heteroatoms. The second-order valence-corrected chi connectivity index (χ2v) is 4.13. The van der Waals surface area contributed by atoms with Crippen molar-refractivity contribution in [1.29, 1.82) is 10.5 Å². The van der Waals surface area contributed by atoms with E-state index in [9.17, 15) is 0 Å². The van der Waals surface area contributed by atoms with Gasteiger partial charge in [-0.25, -0.2) is 0 Å². The lowest BCUT2D eigenvalue weighted by Crippen LogP contribution is -1.91. The lowest BCUT2D eigenvalue weighted by Gasteiger charge is -2.09. The van der Waals surface area contributed by atoms with Gasteiger partial charge in [0.15, 0.2) is 0 Å². The molecule has 2 rings (SSSR count). The van der Waals surface area contributed by atoms with Crippen molar-refractivity contribution in [3.8, 4) is 23.6 Å². The number of halogens is 1. The Kier molecular flexibility index (Phi) is 3.56. The maximum absolute atomic E-state index is 8.96. The van der Waals surface area contributed by atoms with Gasteiger partial charge in [0.2, 0.25) is 0 Å². The third-order valence-electron chi connectivity index (χ3n) is 2.40. The van der Waals surface area contributed by atoms with Crippen LogP contribution in [0.3, 0.4) is 0 Å². The molecule has 0 atom stereocenters. The van der Waals surface area contributed by atoms with Crippen LogP contribution in [0, 0.1) is 22.7 Å². The number of rotatable bonds is 2. The molecule has 0 aromatic heterocycles. The molecule has 0 unspecified atom stereocenters. The van der Waals surface area contributed by atoms with Crippen LogP contribution in [0.2, 0.25) is 5.02 Å². The molecule has 4 nitrogen and oxygen atoms in total. The SMILES string of the molecule is N#Cc1cc(Cl)c(Oc2cccc(N)c2)cc1C#N. The molecule has 2 aromatic carbocycles. The van der Waals surface area contributed by atoms with E-state index >= 15 is 0 Å². The van der Waals surface area contributed by atoms with E-state index < -0.39 is 0 Å². The fourth-order valence-corrected chi connectivity index (χ4v) is 1.72. The molecule has 0 bridgehead atoms. The van der Waals surface area contributed by atoms with Crippen molar-refractivity contribution in [2.45, 2.75) is 0 Å². The number of nitrogen functional groups attached to an aromatic ring is 1. The molecule has 2 aromatic rings. The minimum absolute atomic E-state index is 0.214. The zero-order valence-corrected chi connectivity index (χ0v) is 10.5. The van der Waals surface area contributed by atoms with Gasteiger partial charge in [-0.15, -0.1) is 0 Å². The molecule has 0 aliphatic carbocycles. The summed E-state index contributed by atoms with van der Waals surface area (Å²) in [6.45, 7) is 0. The molecule has 0 fully saturated rings. The highest BCUT2D eigenvalue weighted by atomic mass is 35.5. The molecular weight excluding hydrogens is 262 g/mol. The summed E-state index contributed by atoms with van der Waals surface area (Å²) in [5.74, 6) is 0.818. The van der Waals surface area contributed by atoms with Gasteiger partial charge in [-0.1, -0.05) is 17.7 Å². The van der Waals surface area contributed by atoms with Crippen LogP contribution in [0.4, 0.5) is 5.69 Å². The lowest BCUT2D eigenvalue weighted by molar-refractivity contribution is 0.483. The van der Waals surface area contributed by atoms with Crippen LogP contribution in [0.1, 0.15) is 11.1 Å². The Morgan fingerprint density at radius 1 is 1.05 bits per heavy atom. The molecule has 0 saturated heterocycles. The summed E-state index contributed by atoms with van der Waals surface area (Å²) in [7, 11) is 0. The molecule has 92 valence electrons. The summed E-state index contributed by atoms with van der Waals surface area (Å²) < 4.78 is 5.56. The molecular formula is C14H8ClN3O. The van der Waals surface area contributed by atoms with Crippen LogP contribution in [0.15, 0.2) is 36.4 Å². The zero-order valence-electron chi connectivity index (χ0n) is 9.72. The molecule has 0 aliphatic rings. The number of nitrogens with zero attached hydrogens (tertiary/aromatic N) is 2. The average Bonchev–Trinajstić information content (AvgIpc) is 2.40. The summed E-state index contributed by atoms with van der Waals surface area (Å²) in [4.78, 5) is 0. The van der Waals surface area contributed by atoms with Crippen LogP contribution in [0.25, 0.3) is 0 Å². The van der Waals surface area contributed by atoms with Crippen LogP contribution in [0.5, 0.6) is 11.5 Å². The second-order valence-electron chi connectivity index (χ2n) is 3.73. The van der Waals surface area contributed by atoms with E-state index in [1.807, 2.05) is 12.1 Å². The average molecular weight is 270 g/mol. The molecule has 19 heavy (non-hydrogen) atoms. The van der Waals surface area contributed by atoms with Gasteiger partial charge in [-0.3, -0.25) is 0 Å². The van der Waals surface area contributed by atoms with Gasteiger partial charge in [-0.2, -0.15) is 10.5 Å². The number of hydrogen-bond donors (Lipinski definition) is 1. The third kappa shape index (κ3) is 2.77. The van der Waals surface area contributed by atoms with Crippen molar-refractivity contribution < 1.29 is 4.74 Å². The number of ether oxygens (including phenoxy) is 1. The highest BCUT2D eigenvalue weighted by Gasteiger charge is 2.10. The number of anilines is 1. The highest BCUT2D eigenvalue weighted by molar-refractivity contribution is 6.32. The Bertz CT molecular complexity index is 714.